The SMILES string of the molecule is C[Si](C)(C)C[C@H](NC(=O)c1ccccc1)C(=O)Nc1cccc2cccnc12. The lowest BCUT2D eigenvalue weighted by Crippen LogP contribution is -2.47. The first-order valence-corrected chi connectivity index (χ1v) is 13.0. The average molecular weight is 392 g/mol. The molecule has 1 aromatic heterocycles. The molecule has 0 spiro atoms. The van der Waals surface area contributed by atoms with Gasteiger partial charge in [0.15, 0.2) is 0 Å². The Morgan fingerprint density at radius 1 is 0.964 bits per heavy atom. The van der Waals surface area contributed by atoms with Crippen LogP contribution in [0.3, 0.4) is 0 Å². The molecule has 0 bridgehead atoms. The smallest absolute Gasteiger partial charge is 0.251 e. The van der Waals surface area contributed by atoms with Crippen molar-refractivity contribution in [2.45, 2.75) is 31.7 Å². The van der Waals surface area contributed by atoms with Gasteiger partial charge in [-0.05, 0) is 30.3 Å². The molecule has 0 aliphatic heterocycles. The van der Waals surface area contributed by atoms with Gasteiger partial charge >= 0.3 is 0 Å². The minimum atomic E-state index is -1.61. The number of nitrogens with one attached hydrogen (secondary N) is 2. The van der Waals surface area contributed by atoms with Crippen LogP contribution in [0.1, 0.15) is 10.4 Å². The lowest BCUT2D eigenvalue weighted by molar-refractivity contribution is -0.117. The summed E-state index contributed by atoms with van der Waals surface area (Å²) in [5, 5.41) is 6.85. The minimum Gasteiger partial charge on any atom is -0.341 e. The summed E-state index contributed by atoms with van der Waals surface area (Å²) in [6.45, 7) is 6.55. The Hall–Kier alpha value is -2.99. The van der Waals surface area contributed by atoms with E-state index in [4.69, 9.17) is 0 Å². The van der Waals surface area contributed by atoms with Gasteiger partial charge in [0.2, 0.25) is 5.91 Å². The summed E-state index contributed by atoms with van der Waals surface area (Å²) in [5.74, 6) is -0.458. The number of hydrogen-bond acceptors (Lipinski definition) is 3. The van der Waals surface area contributed by atoms with Crippen LogP contribution in [0.25, 0.3) is 10.9 Å². The Morgan fingerprint density at radius 2 is 1.68 bits per heavy atom. The fourth-order valence-corrected chi connectivity index (χ4v) is 4.59. The normalized spacial score (nSPS) is 12.4. The van der Waals surface area contributed by atoms with E-state index in [0.29, 0.717) is 17.3 Å². The quantitative estimate of drug-likeness (QED) is 0.615. The molecule has 1 heterocycles. The third-order valence-corrected chi connectivity index (χ3v) is 6.00. The predicted octanol–water partition coefficient (Wildman–Crippen LogP) is 4.31. The highest BCUT2D eigenvalue weighted by Gasteiger charge is 2.28. The Morgan fingerprint density at radius 3 is 2.39 bits per heavy atom. The summed E-state index contributed by atoms with van der Waals surface area (Å²) in [6.07, 6.45) is 1.70. The van der Waals surface area contributed by atoms with Crippen LogP contribution < -0.4 is 10.6 Å². The summed E-state index contributed by atoms with van der Waals surface area (Å²) in [6, 6.07) is 18.5. The molecule has 6 heteroatoms. The van der Waals surface area contributed by atoms with E-state index in [0.717, 1.165) is 10.9 Å². The molecule has 1 atom stereocenters. The molecule has 0 saturated heterocycles. The zero-order valence-electron chi connectivity index (χ0n) is 16.4. The average Bonchev–Trinajstić information content (AvgIpc) is 2.67. The van der Waals surface area contributed by atoms with Crippen LogP contribution in [0.4, 0.5) is 5.69 Å². The van der Waals surface area contributed by atoms with Crippen LogP contribution in [0.15, 0.2) is 66.9 Å². The Labute approximate surface area is 166 Å². The van der Waals surface area contributed by atoms with Crippen molar-refractivity contribution in [1.82, 2.24) is 10.3 Å². The molecule has 0 unspecified atom stereocenters. The molecule has 5 nitrogen and oxygen atoms in total. The molecule has 28 heavy (non-hydrogen) atoms. The van der Waals surface area contributed by atoms with E-state index >= 15 is 0 Å². The van der Waals surface area contributed by atoms with Crippen molar-refractivity contribution in [3.05, 3.63) is 72.4 Å². The van der Waals surface area contributed by atoms with Gasteiger partial charge in [-0.2, -0.15) is 0 Å². The number of pyridine rings is 1. The van der Waals surface area contributed by atoms with E-state index < -0.39 is 14.1 Å². The number of benzene rings is 2. The fourth-order valence-electron chi connectivity index (χ4n) is 3.08. The van der Waals surface area contributed by atoms with Gasteiger partial charge in [-0.25, -0.2) is 0 Å². The zero-order chi connectivity index (χ0) is 20.1. The van der Waals surface area contributed by atoms with Crippen LogP contribution >= 0.6 is 0 Å². The van der Waals surface area contributed by atoms with Crippen molar-refractivity contribution in [2.75, 3.05) is 5.32 Å². The molecule has 2 N–H and O–H groups in total. The first kappa shape index (κ1) is 19.8. The highest BCUT2D eigenvalue weighted by Crippen LogP contribution is 2.22. The number of rotatable bonds is 6. The zero-order valence-corrected chi connectivity index (χ0v) is 17.4. The first-order valence-electron chi connectivity index (χ1n) is 9.34. The Kier molecular flexibility index (Phi) is 5.89. The van der Waals surface area contributed by atoms with Gasteiger partial charge in [-0.3, -0.25) is 14.6 Å². The van der Waals surface area contributed by atoms with E-state index in [-0.39, 0.29) is 11.8 Å². The lowest BCUT2D eigenvalue weighted by Gasteiger charge is -2.25. The van der Waals surface area contributed by atoms with Crippen molar-refractivity contribution >= 4 is 36.5 Å². The number of amides is 2. The van der Waals surface area contributed by atoms with Crippen molar-refractivity contribution in [3.63, 3.8) is 0 Å². The third-order valence-electron chi connectivity index (χ3n) is 4.36. The maximum atomic E-state index is 13.1. The van der Waals surface area contributed by atoms with Crippen molar-refractivity contribution in [2.24, 2.45) is 0 Å². The summed E-state index contributed by atoms with van der Waals surface area (Å²) >= 11 is 0. The third kappa shape index (κ3) is 5.04. The van der Waals surface area contributed by atoms with Crippen LogP contribution in [0.2, 0.25) is 25.7 Å². The van der Waals surface area contributed by atoms with Gasteiger partial charge in [-0.1, -0.05) is 56.0 Å². The van der Waals surface area contributed by atoms with E-state index in [1.165, 1.54) is 0 Å². The molecule has 2 aromatic carbocycles. The van der Waals surface area contributed by atoms with Crippen LogP contribution in [0.5, 0.6) is 0 Å². The summed E-state index contributed by atoms with van der Waals surface area (Å²) in [4.78, 5) is 30.1. The molecule has 0 saturated carbocycles. The largest absolute Gasteiger partial charge is 0.341 e. The van der Waals surface area contributed by atoms with Crippen molar-refractivity contribution in [1.29, 1.82) is 0 Å². The summed E-state index contributed by atoms with van der Waals surface area (Å²) in [7, 11) is -1.61. The number of fused-ring (bicyclic) bond motifs is 1. The molecule has 3 rings (SSSR count). The van der Waals surface area contributed by atoms with Gasteiger partial charge in [-0.15, -0.1) is 0 Å². The van der Waals surface area contributed by atoms with Crippen LogP contribution in [-0.4, -0.2) is 30.9 Å². The topological polar surface area (TPSA) is 71.1 Å². The summed E-state index contributed by atoms with van der Waals surface area (Å²) < 4.78 is 0. The standard InChI is InChI=1S/C22H25N3O2Si/c1-28(2,3)15-19(25-21(26)17-9-5-4-6-10-17)22(27)24-18-13-7-11-16-12-8-14-23-20(16)18/h4-14,19H,15H2,1-3H3,(H,24,27)(H,25,26)/t19-/m0/s1. The van der Waals surface area contributed by atoms with Gasteiger partial charge in [0.1, 0.15) is 6.04 Å². The molecule has 0 fully saturated rings. The van der Waals surface area contributed by atoms with Crippen molar-refractivity contribution < 1.29 is 9.59 Å². The Bertz CT molecular complexity index is 978. The highest BCUT2D eigenvalue weighted by molar-refractivity contribution is 6.76. The van der Waals surface area contributed by atoms with E-state index in [2.05, 4.69) is 35.3 Å². The number of carbonyl (C=O) groups excluding carboxylic acids is 2. The number of hydrogen-bond donors (Lipinski definition) is 2. The molecule has 2 amide bonds. The van der Waals surface area contributed by atoms with E-state index in [1.54, 1.807) is 18.3 Å². The summed E-state index contributed by atoms with van der Waals surface area (Å²) in [5.41, 5.74) is 1.93. The van der Waals surface area contributed by atoms with Gasteiger partial charge < -0.3 is 10.6 Å². The maximum Gasteiger partial charge on any atom is 0.251 e. The van der Waals surface area contributed by atoms with Gasteiger partial charge in [0.25, 0.3) is 5.91 Å². The van der Waals surface area contributed by atoms with E-state index in [9.17, 15) is 9.59 Å². The van der Waals surface area contributed by atoms with E-state index in [1.807, 2.05) is 48.5 Å². The molecule has 0 aliphatic carbocycles. The molecular formula is C22H25N3O2Si. The number of nitrogens with zero attached hydrogens (tertiary/aromatic N) is 1. The number of anilines is 1. The molecule has 0 radical (unpaired) electrons. The number of aromatic nitrogens is 1. The second kappa shape index (κ2) is 8.35. The molecule has 3 aromatic rings. The van der Waals surface area contributed by atoms with Gasteiger partial charge in [0, 0.05) is 25.2 Å². The predicted molar refractivity (Wildman–Crippen MR) is 116 cm³/mol. The van der Waals surface area contributed by atoms with Gasteiger partial charge in [0.05, 0.1) is 11.2 Å². The molecule has 0 aliphatic rings. The second-order valence-electron chi connectivity index (χ2n) is 8.03. The Balaban J connectivity index is 1.83. The second-order valence-corrected chi connectivity index (χ2v) is 13.6. The monoisotopic (exact) mass is 391 g/mol. The van der Waals surface area contributed by atoms with Crippen molar-refractivity contribution in [3.8, 4) is 0 Å². The minimum absolute atomic E-state index is 0.218. The number of para-hydroxylation sites is 1. The first-order chi connectivity index (χ1) is 13.3. The molecule has 144 valence electrons. The fraction of sp³-hybridized carbons (Fsp3) is 0.227. The highest BCUT2D eigenvalue weighted by atomic mass is 28.3. The van der Waals surface area contributed by atoms with Crippen LogP contribution in [-0.2, 0) is 4.79 Å². The molecular weight excluding hydrogens is 366 g/mol. The maximum absolute atomic E-state index is 13.1. The number of carbonyl (C=O) groups is 2. The van der Waals surface area contributed by atoms with Crippen LogP contribution in [0, 0.1) is 0 Å². The lowest BCUT2D eigenvalue weighted by atomic mass is 10.1.